The predicted octanol–water partition coefficient (Wildman–Crippen LogP) is 2.26. The first-order chi connectivity index (χ1) is 7.40. The minimum absolute atomic E-state index is 0.389. The summed E-state index contributed by atoms with van der Waals surface area (Å²) in [6.45, 7) is 1.78. The van der Waals surface area contributed by atoms with Gasteiger partial charge in [0.2, 0.25) is 0 Å². The Kier molecular flexibility index (Phi) is 3.56. The average Bonchev–Trinajstić information content (AvgIpc) is 2.75. The first-order valence-corrected chi connectivity index (χ1v) is 5.62. The van der Waals surface area contributed by atoms with Crippen molar-refractivity contribution in [3.8, 4) is 0 Å². The van der Waals surface area contributed by atoms with Crippen LogP contribution >= 0.6 is 0 Å². The minimum atomic E-state index is 0.389. The van der Waals surface area contributed by atoms with Crippen LogP contribution in [-0.4, -0.2) is 23.6 Å². The number of rotatable bonds is 4. The van der Waals surface area contributed by atoms with E-state index >= 15 is 0 Å². The number of aldehydes is 1. The van der Waals surface area contributed by atoms with Crippen molar-refractivity contribution in [2.24, 2.45) is 0 Å². The fraction of sp³-hybridized carbons (Fsp3) is 0.583. The standard InChI is InChI=1S/C12H17NO2/c14-10-11-4-3-7-13(11)8-6-12-5-1-2-9-15-12/h3-4,7,10,12H,1-2,5-6,8-9H2. The SMILES string of the molecule is O=Cc1cccn1CCC1CCCCO1. The van der Waals surface area contributed by atoms with Crippen molar-refractivity contribution in [3.05, 3.63) is 24.0 Å². The van der Waals surface area contributed by atoms with E-state index in [1.165, 1.54) is 12.8 Å². The van der Waals surface area contributed by atoms with Crippen LogP contribution in [0.25, 0.3) is 0 Å². The van der Waals surface area contributed by atoms with E-state index in [9.17, 15) is 4.79 Å². The van der Waals surface area contributed by atoms with Gasteiger partial charge in [-0.25, -0.2) is 0 Å². The molecule has 1 aliphatic heterocycles. The van der Waals surface area contributed by atoms with E-state index in [1.54, 1.807) is 0 Å². The Bertz CT molecular complexity index is 313. The summed E-state index contributed by atoms with van der Waals surface area (Å²) in [5.41, 5.74) is 0.755. The van der Waals surface area contributed by atoms with Crippen molar-refractivity contribution >= 4 is 6.29 Å². The molecule has 0 N–H and O–H groups in total. The molecule has 0 aromatic carbocycles. The molecule has 1 saturated heterocycles. The normalized spacial score (nSPS) is 21.5. The highest BCUT2D eigenvalue weighted by atomic mass is 16.5. The second-order valence-corrected chi connectivity index (χ2v) is 4.02. The number of nitrogens with zero attached hydrogens (tertiary/aromatic N) is 1. The molecule has 0 bridgehead atoms. The second kappa shape index (κ2) is 5.12. The summed E-state index contributed by atoms with van der Waals surface area (Å²) in [6, 6.07) is 3.75. The summed E-state index contributed by atoms with van der Waals surface area (Å²) < 4.78 is 7.64. The van der Waals surface area contributed by atoms with Crippen LogP contribution in [0.1, 0.15) is 36.2 Å². The van der Waals surface area contributed by atoms with Crippen molar-refractivity contribution < 1.29 is 9.53 Å². The number of hydrogen-bond donors (Lipinski definition) is 0. The number of aromatic nitrogens is 1. The summed E-state index contributed by atoms with van der Waals surface area (Å²) in [7, 11) is 0. The lowest BCUT2D eigenvalue weighted by atomic mass is 10.1. The third-order valence-corrected chi connectivity index (χ3v) is 2.95. The molecule has 2 rings (SSSR count). The van der Waals surface area contributed by atoms with Gasteiger partial charge in [0.25, 0.3) is 0 Å². The van der Waals surface area contributed by atoms with Crippen LogP contribution in [0.2, 0.25) is 0 Å². The van der Waals surface area contributed by atoms with Crippen molar-refractivity contribution in [2.45, 2.75) is 38.3 Å². The molecule has 2 heterocycles. The van der Waals surface area contributed by atoms with Gasteiger partial charge >= 0.3 is 0 Å². The molecule has 0 aliphatic carbocycles. The van der Waals surface area contributed by atoms with E-state index in [2.05, 4.69) is 0 Å². The Morgan fingerprint density at radius 3 is 3.20 bits per heavy atom. The summed E-state index contributed by atoms with van der Waals surface area (Å²) in [5.74, 6) is 0. The molecule has 0 spiro atoms. The van der Waals surface area contributed by atoms with Crippen LogP contribution in [0, 0.1) is 0 Å². The fourth-order valence-electron chi connectivity index (χ4n) is 2.06. The molecule has 1 unspecified atom stereocenters. The highest BCUT2D eigenvalue weighted by Crippen LogP contribution is 2.16. The van der Waals surface area contributed by atoms with Gasteiger partial charge in [-0.15, -0.1) is 0 Å². The first-order valence-electron chi connectivity index (χ1n) is 5.62. The van der Waals surface area contributed by atoms with Gasteiger partial charge in [-0.1, -0.05) is 0 Å². The average molecular weight is 207 g/mol. The minimum Gasteiger partial charge on any atom is -0.378 e. The van der Waals surface area contributed by atoms with E-state index in [0.29, 0.717) is 6.10 Å². The molecule has 3 nitrogen and oxygen atoms in total. The largest absolute Gasteiger partial charge is 0.378 e. The quantitative estimate of drug-likeness (QED) is 0.709. The van der Waals surface area contributed by atoms with Gasteiger partial charge in [-0.2, -0.15) is 0 Å². The molecule has 1 aromatic rings. The van der Waals surface area contributed by atoms with Crippen molar-refractivity contribution in [1.82, 2.24) is 4.57 Å². The molecular formula is C12H17NO2. The van der Waals surface area contributed by atoms with Gasteiger partial charge in [-0.05, 0) is 37.8 Å². The Hall–Kier alpha value is -1.09. The van der Waals surface area contributed by atoms with E-state index in [0.717, 1.165) is 38.0 Å². The summed E-state index contributed by atoms with van der Waals surface area (Å²) in [6.07, 6.45) is 7.89. The van der Waals surface area contributed by atoms with Crippen molar-refractivity contribution in [1.29, 1.82) is 0 Å². The first kappa shape index (κ1) is 10.4. The molecular weight excluding hydrogens is 190 g/mol. The lowest BCUT2D eigenvalue weighted by molar-refractivity contribution is 0.00875. The number of ether oxygens (including phenoxy) is 1. The molecule has 0 amide bonds. The maximum atomic E-state index is 10.7. The van der Waals surface area contributed by atoms with Crippen LogP contribution in [0.5, 0.6) is 0 Å². The third-order valence-electron chi connectivity index (χ3n) is 2.95. The predicted molar refractivity (Wildman–Crippen MR) is 58.0 cm³/mol. The Balaban J connectivity index is 1.84. The molecule has 1 aliphatic rings. The second-order valence-electron chi connectivity index (χ2n) is 4.02. The van der Waals surface area contributed by atoms with Gasteiger partial charge in [-0.3, -0.25) is 4.79 Å². The fourth-order valence-corrected chi connectivity index (χ4v) is 2.06. The molecule has 0 radical (unpaired) electrons. The molecule has 1 fully saturated rings. The highest BCUT2D eigenvalue weighted by molar-refractivity contribution is 5.72. The Morgan fingerprint density at radius 2 is 2.47 bits per heavy atom. The molecule has 0 saturated carbocycles. The zero-order valence-electron chi connectivity index (χ0n) is 8.89. The lowest BCUT2D eigenvalue weighted by Crippen LogP contribution is -2.21. The highest BCUT2D eigenvalue weighted by Gasteiger charge is 2.13. The smallest absolute Gasteiger partial charge is 0.166 e. The third kappa shape index (κ3) is 2.69. The van der Waals surface area contributed by atoms with Crippen LogP contribution in [-0.2, 0) is 11.3 Å². The summed E-state index contributed by atoms with van der Waals surface area (Å²) in [5, 5.41) is 0. The van der Waals surface area contributed by atoms with Gasteiger partial charge in [0.1, 0.15) is 0 Å². The van der Waals surface area contributed by atoms with Crippen LogP contribution in [0.4, 0.5) is 0 Å². The van der Waals surface area contributed by atoms with Gasteiger partial charge in [0, 0.05) is 19.3 Å². The topological polar surface area (TPSA) is 31.2 Å². The van der Waals surface area contributed by atoms with Gasteiger partial charge in [0.15, 0.2) is 6.29 Å². The van der Waals surface area contributed by atoms with Gasteiger partial charge < -0.3 is 9.30 Å². The molecule has 1 atom stereocenters. The monoisotopic (exact) mass is 207 g/mol. The zero-order chi connectivity index (χ0) is 10.5. The van der Waals surface area contributed by atoms with Crippen molar-refractivity contribution in [3.63, 3.8) is 0 Å². The van der Waals surface area contributed by atoms with E-state index in [4.69, 9.17) is 4.74 Å². The molecule has 15 heavy (non-hydrogen) atoms. The summed E-state index contributed by atoms with van der Waals surface area (Å²) in [4.78, 5) is 10.7. The number of carbonyl (C=O) groups excluding carboxylic acids is 1. The van der Waals surface area contributed by atoms with E-state index in [1.807, 2.05) is 22.9 Å². The van der Waals surface area contributed by atoms with E-state index in [-0.39, 0.29) is 0 Å². The number of carbonyl (C=O) groups is 1. The zero-order valence-corrected chi connectivity index (χ0v) is 8.89. The number of hydrogen-bond acceptors (Lipinski definition) is 2. The van der Waals surface area contributed by atoms with Crippen LogP contribution < -0.4 is 0 Å². The van der Waals surface area contributed by atoms with Crippen LogP contribution in [0.3, 0.4) is 0 Å². The van der Waals surface area contributed by atoms with Crippen LogP contribution in [0.15, 0.2) is 18.3 Å². The molecule has 3 heteroatoms. The molecule has 1 aromatic heterocycles. The summed E-state index contributed by atoms with van der Waals surface area (Å²) >= 11 is 0. The van der Waals surface area contributed by atoms with Gasteiger partial charge in [0.05, 0.1) is 11.8 Å². The maximum Gasteiger partial charge on any atom is 0.166 e. The Morgan fingerprint density at radius 1 is 1.53 bits per heavy atom. The Labute approximate surface area is 90.0 Å². The van der Waals surface area contributed by atoms with Crippen molar-refractivity contribution in [2.75, 3.05) is 6.61 Å². The number of aryl methyl sites for hydroxylation is 1. The van der Waals surface area contributed by atoms with E-state index < -0.39 is 0 Å². The lowest BCUT2D eigenvalue weighted by Gasteiger charge is -2.22. The molecule has 82 valence electrons. The maximum absolute atomic E-state index is 10.7.